The summed E-state index contributed by atoms with van der Waals surface area (Å²) in [5.41, 5.74) is 0. The number of thiophene rings is 1. The minimum Gasteiger partial charge on any atom is -0.390 e. The number of rotatable bonds is 4. The summed E-state index contributed by atoms with van der Waals surface area (Å²) in [6.45, 7) is -0.0403. The Labute approximate surface area is 93.5 Å². The predicted octanol–water partition coefficient (Wildman–Crippen LogP) is 1.13. The molecule has 0 spiro atoms. The normalized spacial score (nSPS) is 10.2. The van der Waals surface area contributed by atoms with Gasteiger partial charge in [0.15, 0.2) is 5.78 Å². The molecule has 2 aromatic heterocycles. The third kappa shape index (κ3) is 2.11. The van der Waals surface area contributed by atoms with Crippen LogP contribution in [-0.4, -0.2) is 25.5 Å². The van der Waals surface area contributed by atoms with E-state index in [1.807, 2.05) is 0 Å². The van der Waals surface area contributed by atoms with Gasteiger partial charge in [0.05, 0.1) is 4.88 Å². The summed E-state index contributed by atoms with van der Waals surface area (Å²) < 4.78 is 1.15. The fourth-order valence-electron chi connectivity index (χ4n) is 1.11. The Hall–Kier alpha value is -2.09. The van der Waals surface area contributed by atoms with Crippen LogP contribution in [0.1, 0.15) is 9.67 Å². The first-order chi connectivity index (χ1) is 7.66. The minimum absolute atomic E-state index is 0.0403. The van der Waals surface area contributed by atoms with E-state index in [-0.39, 0.29) is 12.3 Å². The molecule has 0 unspecified atom stereocenters. The van der Waals surface area contributed by atoms with Crippen LogP contribution in [-0.2, 0) is 6.54 Å². The molecular weight excluding hydrogens is 232 g/mol. The first-order valence-electron chi connectivity index (χ1n) is 4.27. The van der Waals surface area contributed by atoms with Gasteiger partial charge >= 0.3 is 5.95 Å². The second kappa shape index (κ2) is 4.19. The number of hydrogen-bond acceptors (Lipinski definition) is 6. The molecular formula is C8H6N4O3S. The van der Waals surface area contributed by atoms with E-state index < -0.39 is 10.9 Å². The van der Waals surface area contributed by atoms with Crippen LogP contribution in [0.15, 0.2) is 23.8 Å². The SMILES string of the molecule is O=C(Cn1cnc([N+](=O)[O-])n1)c1cccs1. The molecule has 16 heavy (non-hydrogen) atoms. The average molecular weight is 238 g/mol. The molecule has 0 atom stereocenters. The molecule has 2 aromatic rings. The zero-order chi connectivity index (χ0) is 11.5. The van der Waals surface area contributed by atoms with E-state index in [0.717, 1.165) is 4.68 Å². The van der Waals surface area contributed by atoms with Gasteiger partial charge in [-0.25, -0.2) is 0 Å². The zero-order valence-electron chi connectivity index (χ0n) is 7.94. The molecule has 0 fully saturated rings. The van der Waals surface area contributed by atoms with E-state index in [0.29, 0.717) is 4.88 Å². The number of carbonyl (C=O) groups is 1. The fourth-order valence-corrected chi connectivity index (χ4v) is 1.76. The Kier molecular flexibility index (Phi) is 2.73. The van der Waals surface area contributed by atoms with Crippen molar-refractivity contribution in [1.29, 1.82) is 0 Å². The summed E-state index contributed by atoms with van der Waals surface area (Å²) >= 11 is 1.32. The summed E-state index contributed by atoms with van der Waals surface area (Å²) in [5.74, 6) is -0.645. The number of hydrogen-bond donors (Lipinski definition) is 0. The van der Waals surface area contributed by atoms with Crippen molar-refractivity contribution in [3.8, 4) is 0 Å². The van der Waals surface area contributed by atoms with Crippen molar-refractivity contribution in [3.63, 3.8) is 0 Å². The number of nitrogens with zero attached hydrogens (tertiary/aromatic N) is 4. The van der Waals surface area contributed by atoms with Gasteiger partial charge in [0, 0.05) is 5.10 Å². The third-order valence-electron chi connectivity index (χ3n) is 1.79. The van der Waals surface area contributed by atoms with Crippen LogP contribution >= 0.6 is 11.3 Å². The summed E-state index contributed by atoms with van der Waals surface area (Å²) in [4.78, 5) is 25.3. The number of nitro groups is 1. The van der Waals surface area contributed by atoms with Gasteiger partial charge < -0.3 is 10.1 Å². The fraction of sp³-hybridized carbons (Fsp3) is 0.125. The molecule has 0 bridgehead atoms. The van der Waals surface area contributed by atoms with Crippen molar-refractivity contribution in [3.05, 3.63) is 38.8 Å². The van der Waals surface area contributed by atoms with Gasteiger partial charge in [-0.05, 0) is 16.4 Å². The molecule has 0 amide bonds. The van der Waals surface area contributed by atoms with Gasteiger partial charge in [-0.3, -0.25) is 4.79 Å². The van der Waals surface area contributed by atoms with E-state index in [4.69, 9.17) is 0 Å². The van der Waals surface area contributed by atoms with Crippen molar-refractivity contribution >= 4 is 23.1 Å². The minimum atomic E-state index is -0.702. The van der Waals surface area contributed by atoms with Crippen molar-refractivity contribution in [1.82, 2.24) is 14.8 Å². The van der Waals surface area contributed by atoms with Gasteiger partial charge in [-0.15, -0.1) is 11.3 Å². The van der Waals surface area contributed by atoms with Crippen LogP contribution in [0.25, 0.3) is 0 Å². The van der Waals surface area contributed by atoms with Gasteiger partial charge in [0.2, 0.25) is 6.33 Å². The largest absolute Gasteiger partial charge is 0.490 e. The first-order valence-corrected chi connectivity index (χ1v) is 5.15. The third-order valence-corrected chi connectivity index (χ3v) is 2.70. The highest BCUT2D eigenvalue weighted by Gasteiger charge is 2.16. The molecule has 0 saturated heterocycles. The summed E-state index contributed by atoms with van der Waals surface area (Å²) in [7, 11) is 0. The van der Waals surface area contributed by atoms with Gasteiger partial charge in [0.25, 0.3) is 0 Å². The highest BCUT2D eigenvalue weighted by molar-refractivity contribution is 7.12. The van der Waals surface area contributed by atoms with Crippen molar-refractivity contribution in [2.45, 2.75) is 6.54 Å². The van der Waals surface area contributed by atoms with E-state index in [1.165, 1.54) is 17.7 Å². The molecule has 0 aliphatic carbocycles. The number of carbonyl (C=O) groups excluding carboxylic acids is 1. The van der Waals surface area contributed by atoms with Crippen LogP contribution in [0, 0.1) is 10.1 Å². The number of ketones is 1. The monoisotopic (exact) mass is 238 g/mol. The summed E-state index contributed by atoms with van der Waals surface area (Å²) in [6, 6.07) is 3.46. The van der Waals surface area contributed by atoms with Crippen molar-refractivity contribution in [2.75, 3.05) is 0 Å². The van der Waals surface area contributed by atoms with E-state index >= 15 is 0 Å². The lowest BCUT2D eigenvalue weighted by molar-refractivity contribution is -0.394. The lowest BCUT2D eigenvalue weighted by Gasteiger charge is -1.93. The zero-order valence-corrected chi connectivity index (χ0v) is 8.75. The van der Waals surface area contributed by atoms with Crippen LogP contribution < -0.4 is 0 Å². The van der Waals surface area contributed by atoms with E-state index in [2.05, 4.69) is 10.1 Å². The Morgan fingerprint density at radius 1 is 1.62 bits per heavy atom. The van der Waals surface area contributed by atoms with Crippen LogP contribution in [0.4, 0.5) is 5.95 Å². The molecule has 0 saturated carbocycles. The highest BCUT2D eigenvalue weighted by Crippen LogP contribution is 2.10. The Morgan fingerprint density at radius 3 is 3.00 bits per heavy atom. The van der Waals surface area contributed by atoms with Crippen LogP contribution in [0.5, 0.6) is 0 Å². The van der Waals surface area contributed by atoms with Crippen LogP contribution in [0.3, 0.4) is 0 Å². The Bertz CT molecular complexity index is 519. The second-order valence-corrected chi connectivity index (χ2v) is 3.85. The van der Waals surface area contributed by atoms with Gasteiger partial charge in [-0.2, -0.15) is 4.68 Å². The second-order valence-electron chi connectivity index (χ2n) is 2.90. The maximum atomic E-state index is 11.6. The molecule has 0 aromatic carbocycles. The molecule has 82 valence electrons. The maximum absolute atomic E-state index is 11.6. The average Bonchev–Trinajstić information content (AvgIpc) is 2.87. The number of Topliss-reactive ketones (excluding diaryl/α,β-unsaturated/α-hetero) is 1. The predicted molar refractivity (Wildman–Crippen MR) is 55.3 cm³/mol. The standard InChI is InChI=1S/C8H6N4O3S/c13-6(7-2-1-3-16-7)4-11-5-9-8(10-11)12(14)15/h1-3,5H,4H2. The molecule has 8 heteroatoms. The number of aromatic nitrogens is 3. The first kappa shape index (κ1) is 10.4. The lowest BCUT2D eigenvalue weighted by Crippen LogP contribution is -2.09. The topological polar surface area (TPSA) is 90.9 Å². The molecule has 2 rings (SSSR count). The lowest BCUT2D eigenvalue weighted by atomic mass is 10.3. The van der Waals surface area contributed by atoms with Gasteiger partial charge in [-0.1, -0.05) is 11.1 Å². The smallest absolute Gasteiger partial charge is 0.390 e. The summed E-state index contributed by atoms with van der Waals surface area (Å²) in [6.07, 6.45) is 1.17. The van der Waals surface area contributed by atoms with Crippen molar-refractivity contribution < 1.29 is 9.72 Å². The summed E-state index contributed by atoms with van der Waals surface area (Å²) in [5, 5.41) is 15.7. The Morgan fingerprint density at radius 2 is 2.44 bits per heavy atom. The van der Waals surface area contributed by atoms with Crippen molar-refractivity contribution in [2.24, 2.45) is 0 Å². The molecule has 0 N–H and O–H groups in total. The Balaban J connectivity index is 2.09. The highest BCUT2D eigenvalue weighted by atomic mass is 32.1. The molecule has 0 aliphatic rings. The van der Waals surface area contributed by atoms with E-state index in [9.17, 15) is 14.9 Å². The van der Waals surface area contributed by atoms with E-state index in [1.54, 1.807) is 17.5 Å². The molecule has 2 heterocycles. The van der Waals surface area contributed by atoms with Crippen LogP contribution in [0.2, 0.25) is 0 Å². The maximum Gasteiger partial charge on any atom is 0.490 e. The molecule has 0 aliphatic heterocycles. The quantitative estimate of drug-likeness (QED) is 0.452. The van der Waals surface area contributed by atoms with Gasteiger partial charge in [0.1, 0.15) is 6.54 Å². The molecule has 0 radical (unpaired) electrons. The molecule has 7 nitrogen and oxygen atoms in total.